The van der Waals surface area contributed by atoms with Crippen molar-refractivity contribution in [3.05, 3.63) is 54.1 Å². The zero-order valence-electron chi connectivity index (χ0n) is 11.2. The van der Waals surface area contributed by atoms with Crippen molar-refractivity contribution in [3.63, 3.8) is 0 Å². The number of nitrogens with one attached hydrogen (secondary N) is 1. The zero-order valence-corrected chi connectivity index (χ0v) is 12.0. The highest BCUT2D eigenvalue weighted by Gasteiger charge is 1.99. The summed E-state index contributed by atoms with van der Waals surface area (Å²) in [6, 6.07) is 10.3. The first-order valence-corrected chi connectivity index (χ1v) is 7.55. The maximum absolute atomic E-state index is 4.40. The lowest BCUT2D eigenvalue weighted by Gasteiger charge is -2.04. The van der Waals surface area contributed by atoms with Crippen LogP contribution in [-0.2, 0) is 12.3 Å². The van der Waals surface area contributed by atoms with Crippen molar-refractivity contribution >= 4 is 11.8 Å². The summed E-state index contributed by atoms with van der Waals surface area (Å²) in [6.45, 7) is 4.04. The van der Waals surface area contributed by atoms with Crippen LogP contribution in [0.5, 0.6) is 0 Å². The molecule has 0 unspecified atom stereocenters. The van der Waals surface area contributed by atoms with Crippen LogP contribution in [0.1, 0.15) is 24.7 Å². The van der Waals surface area contributed by atoms with E-state index in [1.54, 1.807) is 11.8 Å². The molecule has 3 nitrogen and oxygen atoms in total. The summed E-state index contributed by atoms with van der Waals surface area (Å²) >= 11 is 1.76. The Kier molecular flexibility index (Phi) is 5.85. The van der Waals surface area contributed by atoms with Crippen molar-refractivity contribution in [2.45, 2.75) is 30.5 Å². The van der Waals surface area contributed by atoms with Gasteiger partial charge in [-0.3, -0.25) is 0 Å². The van der Waals surface area contributed by atoms with Gasteiger partial charge < -0.3 is 5.32 Å². The fraction of sp³-hybridized carbons (Fsp3) is 0.333. The van der Waals surface area contributed by atoms with Crippen molar-refractivity contribution in [1.29, 1.82) is 0 Å². The summed E-state index contributed by atoms with van der Waals surface area (Å²) < 4.78 is 0. The lowest BCUT2D eigenvalue weighted by Crippen LogP contribution is -2.14. The standard InChI is InChI=1S/C15H19N3S/c1-2-8-16-9-13-10-17-15(18-11-13)12-19-14-6-4-3-5-7-14/h3-7,10-11,16H,2,8-9,12H2,1H3. The predicted molar refractivity (Wildman–Crippen MR) is 80.0 cm³/mol. The minimum absolute atomic E-state index is 0.812. The molecule has 0 radical (unpaired) electrons. The molecule has 4 heteroatoms. The van der Waals surface area contributed by atoms with Crippen molar-refractivity contribution < 1.29 is 0 Å². The van der Waals surface area contributed by atoms with E-state index in [-0.39, 0.29) is 0 Å². The summed E-state index contributed by atoms with van der Waals surface area (Å²) in [5.41, 5.74) is 1.14. The molecule has 19 heavy (non-hydrogen) atoms. The lowest BCUT2D eigenvalue weighted by atomic mass is 10.3. The van der Waals surface area contributed by atoms with E-state index in [1.165, 1.54) is 4.90 Å². The van der Waals surface area contributed by atoms with Crippen LogP contribution in [0.25, 0.3) is 0 Å². The van der Waals surface area contributed by atoms with Crippen LogP contribution in [-0.4, -0.2) is 16.5 Å². The number of nitrogens with zero attached hydrogens (tertiary/aromatic N) is 2. The Balaban J connectivity index is 1.81. The Bertz CT molecular complexity index is 471. The molecule has 1 aromatic carbocycles. The van der Waals surface area contributed by atoms with Gasteiger partial charge in [0, 0.05) is 29.4 Å². The Morgan fingerprint density at radius 3 is 2.53 bits per heavy atom. The van der Waals surface area contributed by atoms with Crippen LogP contribution < -0.4 is 5.32 Å². The smallest absolute Gasteiger partial charge is 0.138 e. The highest BCUT2D eigenvalue weighted by atomic mass is 32.2. The van der Waals surface area contributed by atoms with Gasteiger partial charge in [0.15, 0.2) is 0 Å². The van der Waals surface area contributed by atoms with Gasteiger partial charge in [0.05, 0.1) is 5.75 Å². The molecule has 1 aromatic heterocycles. The Morgan fingerprint density at radius 2 is 1.84 bits per heavy atom. The van der Waals surface area contributed by atoms with Gasteiger partial charge in [-0.05, 0) is 25.1 Å². The van der Waals surface area contributed by atoms with Crippen molar-refractivity contribution in [1.82, 2.24) is 15.3 Å². The number of rotatable bonds is 7. The normalized spacial score (nSPS) is 10.6. The number of benzene rings is 1. The summed E-state index contributed by atoms with van der Waals surface area (Å²) in [6.07, 6.45) is 4.97. The first-order valence-electron chi connectivity index (χ1n) is 6.57. The highest BCUT2D eigenvalue weighted by Crippen LogP contribution is 2.20. The fourth-order valence-electron chi connectivity index (χ4n) is 1.62. The minimum Gasteiger partial charge on any atom is -0.313 e. The van der Waals surface area contributed by atoms with E-state index in [9.17, 15) is 0 Å². The fourth-order valence-corrected chi connectivity index (χ4v) is 2.42. The average Bonchev–Trinajstić information content (AvgIpc) is 2.48. The molecule has 2 rings (SSSR count). The largest absolute Gasteiger partial charge is 0.313 e. The number of thioether (sulfide) groups is 1. The second-order valence-electron chi connectivity index (χ2n) is 4.29. The quantitative estimate of drug-likeness (QED) is 0.620. The van der Waals surface area contributed by atoms with E-state index in [2.05, 4.69) is 34.3 Å². The maximum atomic E-state index is 4.40. The molecular weight excluding hydrogens is 254 g/mol. The van der Waals surface area contributed by atoms with Crippen LogP contribution in [0.3, 0.4) is 0 Å². The molecule has 0 amide bonds. The SMILES string of the molecule is CCCNCc1cnc(CSc2ccccc2)nc1. The summed E-state index contributed by atoms with van der Waals surface area (Å²) in [7, 11) is 0. The van der Waals surface area contributed by atoms with Gasteiger partial charge in [-0.15, -0.1) is 11.8 Å². The molecule has 0 aliphatic rings. The topological polar surface area (TPSA) is 37.8 Å². The number of aromatic nitrogens is 2. The molecule has 0 fully saturated rings. The van der Waals surface area contributed by atoms with Crippen LogP contribution in [0.4, 0.5) is 0 Å². The first-order chi connectivity index (χ1) is 9.38. The Morgan fingerprint density at radius 1 is 1.11 bits per heavy atom. The number of hydrogen-bond acceptors (Lipinski definition) is 4. The van der Waals surface area contributed by atoms with Crippen LogP contribution in [0.2, 0.25) is 0 Å². The third-order valence-electron chi connectivity index (χ3n) is 2.63. The lowest BCUT2D eigenvalue weighted by molar-refractivity contribution is 0.671. The zero-order chi connectivity index (χ0) is 13.3. The van der Waals surface area contributed by atoms with Gasteiger partial charge in [-0.1, -0.05) is 25.1 Å². The van der Waals surface area contributed by atoms with Crippen molar-refractivity contribution in [3.8, 4) is 0 Å². The Hall–Kier alpha value is -1.39. The molecule has 0 spiro atoms. The molecular formula is C15H19N3S. The second-order valence-corrected chi connectivity index (χ2v) is 5.33. The molecule has 0 aliphatic heterocycles. The minimum atomic E-state index is 0.812. The summed E-state index contributed by atoms with van der Waals surface area (Å²) in [5, 5.41) is 3.34. The van der Waals surface area contributed by atoms with Crippen LogP contribution in [0, 0.1) is 0 Å². The van der Waals surface area contributed by atoms with Gasteiger partial charge in [0.25, 0.3) is 0 Å². The van der Waals surface area contributed by atoms with Crippen LogP contribution in [0.15, 0.2) is 47.6 Å². The maximum Gasteiger partial charge on any atom is 0.138 e. The van der Waals surface area contributed by atoms with E-state index >= 15 is 0 Å². The van der Waals surface area contributed by atoms with E-state index in [4.69, 9.17) is 0 Å². The molecule has 0 aliphatic carbocycles. The second kappa shape index (κ2) is 7.92. The van der Waals surface area contributed by atoms with Gasteiger partial charge >= 0.3 is 0 Å². The summed E-state index contributed by atoms with van der Waals surface area (Å²) in [5.74, 6) is 1.69. The molecule has 2 aromatic rings. The van der Waals surface area contributed by atoms with E-state index < -0.39 is 0 Å². The molecule has 1 N–H and O–H groups in total. The van der Waals surface area contributed by atoms with Crippen LogP contribution >= 0.6 is 11.8 Å². The molecule has 0 saturated heterocycles. The highest BCUT2D eigenvalue weighted by molar-refractivity contribution is 7.98. The third kappa shape index (κ3) is 5.01. The van der Waals surface area contributed by atoms with E-state index in [0.717, 1.165) is 36.7 Å². The third-order valence-corrected chi connectivity index (χ3v) is 3.63. The molecule has 0 saturated carbocycles. The van der Waals surface area contributed by atoms with Gasteiger partial charge in [0.2, 0.25) is 0 Å². The number of hydrogen-bond donors (Lipinski definition) is 1. The molecule has 0 atom stereocenters. The van der Waals surface area contributed by atoms with E-state index in [0.29, 0.717) is 0 Å². The monoisotopic (exact) mass is 273 g/mol. The van der Waals surface area contributed by atoms with Gasteiger partial charge in [0.1, 0.15) is 5.82 Å². The predicted octanol–water partition coefficient (Wildman–Crippen LogP) is 3.27. The Labute approximate surface area is 118 Å². The average molecular weight is 273 g/mol. The van der Waals surface area contributed by atoms with Gasteiger partial charge in [-0.25, -0.2) is 9.97 Å². The molecule has 100 valence electrons. The molecule has 0 bridgehead atoms. The first kappa shape index (κ1) is 14.0. The summed E-state index contributed by atoms with van der Waals surface area (Å²) in [4.78, 5) is 10.1. The van der Waals surface area contributed by atoms with E-state index in [1.807, 2.05) is 30.6 Å². The van der Waals surface area contributed by atoms with Crippen molar-refractivity contribution in [2.24, 2.45) is 0 Å². The molecule has 1 heterocycles. The van der Waals surface area contributed by atoms with Gasteiger partial charge in [-0.2, -0.15) is 0 Å². The van der Waals surface area contributed by atoms with Crippen molar-refractivity contribution in [2.75, 3.05) is 6.54 Å².